The van der Waals surface area contributed by atoms with Crippen LogP contribution in [0.1, 0.15) is 33.3 Å². The lowest BCUT2D eigenvalue weighted by molar-refractivity contribution is -0.0474. The van der Waals surface area contributed by atoms with Gasteiger partial charge in [0.05, 0.1) is 18.8 Å². The Balaban J connectivity index is 1.84. The summed E-state index contributed by atoms with van der Waals surface area (Å²) < 4.78 is 11.1. The number of hydrogen-bond donors (Lipinski definition) is 1. The maximum absolute atomic E-state index is 11.9. The van der Waals surface area contributed by atoms with E-state index in [-0.39, 0.29) is 12.1 Å². The number of ether oxygens (including phenoxy) is 2. The first-order chi connectivity index (χ1) is 10.8. The number of benzene rings is 1. The van der Waals surface area contributed by atoms with Gasteiger partial charge in [0.25, 0.3) is 0 Å². The minimum absolute atomic E-state index is 0.0278. The molecule has 2 unspecified atom stereocenters. The van der Waals surface area contributed by atoms with Crippen LogP contribution < -0.4 is 5.32 Å². The van der Waals surface area contributed by atoms with Gasteiger partial charge in [0, 0.05) is 19.6 Å². The number of carbonyl (C=O) groups excluding carboxylic acids is 1. The fraction of sp³-hybridized carbons (Fsp3) is 0.611. The van der Waals surface area contributed by atoms with Crippen molar-refractivity contribution in [3.05, 3.63) is 35.9 Å². The van der Waals surface area contributed by atoms with E-state index in [1.54, 1.807) is 0 Å². The predicted octanol–water partition coefficient (Wildman–Crippen LogP) is 2.80. The number of rotatable bonds is 4. The van der Waals surface area contributed by atoms with Crippen molar-refractivity contribution in [1.82, 2.24) is 10.2 Å². The summed E-state index contributed by atoms with van der Waals surface area (Å²) in [6, 6.07) is 10.3. The summed E-state index contributed by atoms with van der Waals surface area (Å²) in [6.45, 7) is 10.8. The van der Waals surface area contributed by atoms with Gasteiger partial charge in [0.2, 0.25) is 0 Å². The lowest BCUT2D eigenvalue weighted by Crippen LogP contribution is -2.52. The molecule has 0 aromatic heterocycles. The molecule has 128 valence electrons. The summed E-state index contributed by atoms with van der Waals surface area (Å²) in [6.07, 6.45) is -0.422. The molecule has 1 aliphatic rings. The molecule has 0 saturated carbocycles. The first-order valence-corrected chi connectivity index (χ1v) is 8.21. The van der Waals surface area contributed by atoms with Crippen molar-refractivity contribution in [1.29, 1.82) is 0 Å². The van der Waals surface area contributed by atoms with Gasteiger partial charge in [-0.05, 0) is 33.3 Å². The lowest BCUT2D eigenvalue weighted by Gasteiger charge is -2.36. The fourth-order valence-electron chi connectivity index (χ4n) is 2.61. The van der Waals surface area contributed by atoms with E-state index in [0.717, 1.165) is 19.6 Å². The molecule has 0 radical (unpaired) electrons. The quantitative estimate of drug-likeness (QED) is 0.927. The number of carbonyl (C=O) groups is 1. The Morgan fingerprint density at radius 1 is 1.39 bits per heavy atom. The predicted molar refractivity (Wildman–Crippen MR) is 90.3 cm³/mol. The SMILES string of the molecule is CC(NC(=O)OC(C)(C)C)C1CN(Cc2ccccc2)CCO1. The van der Waals surface area contributed by atoms with Gasteiger partial charge in [-0.15, -0.1) is 0 Å². The Bertz CT molecular complexity index is 499. The molecule has 5 nitrogen and oxygen atoms in total. The number of hydrogen-bond acceptors (Lipinski definition) is 4. The van der Waals surface area contributed by atoms with Crippen LogP contribution in [-0.2, 0) is 16.0 Å². The zero-order chi connectivity index (χ0) is 16.9. The maximum atomic E-state index is 11.9. The second kappa shape index (κ2) is 7.79. The van der Waals surface area contributed by atoms with Crippen molar-refractivity contribution in [3.8, 4) is 0 Å². The molecule has 1 saturated heterocycles. The fourth-order valence-corrected chi connectivity index (χ4v) is 2.61. The molecule has 0 aliphatic carbocycles. The van der Waals surface area contributed by atoms with E-state index < -0.39 is 11.7 Å². The minimum atomic E-state index is -0.490. The molecule has 5 heteroatoms. The Kier molecular flexibility index (Phi) is 6.02. The highest BCUT2D eigenvalue weighted by Crippen LogP contribution is 2.13. The average Bonchev–Trinajstić information content (AvgIpc) is 2.46. The highest BCUT2D eigenvalue weighted by molar-refractivity contribution is 5.68. The second-order valence-corrected chi connectivity index (χ2v) is 7.06. The molecule has 0 spiro atoms. The number of alkyl carbamates (subject to hydrolysis) is 1. The minimum Gasteiger partial charge on any atom is -0.444 e. The molecule has 1 N–H and O–H groups in total. The van der Waals surface area contributed by atoms with Crippen molar-refractivity contribution >= 4 is 6.09 Å². The molecular weight excluding hydrogens is 292 g/mol. The van der Waals surface area contributed by atoms with Crippen molar-refractivity contribution in [3.63, 3.8) is 0 Å². The smallest absolute Gasteiger partial charge is 0.407 e. The average molecular weight is 320 g/mol. The van der Waals surface area contributed by atoms with Gasteiger partial charge in [-0.2, -0.15) is 0 Å². The van der Waals surface area contributed by atoms with E-state index in [9.17, 15) is 4.79 Å². The van der Waals surface area contributed by atoms with Gasteiger partial charge in [-0.3, -0.25) is 4.90 Å². The summed E-state index contributed by atoms with van der Waals surface area (Å²) in [5.74, 6) is 0. The molecule has 1 aromatic carbocycles. The molecule has 1 amide bonds. The topological polar surface area (TPSA) is 50.8 Å². The van der Waals surface area contributed by atoms with Crippen LogP contribution in [0.3, 0.4) is 0 Å². The van der Waals surface area contributed by atoms with Gasteiger partial charge in [-0.1, -0.05) is 30.3 Å². The van der Waals surface area contributed by atoms with Crippen molar-refractivity contribution in [2.45, 2.75) is 52.0 Å². The van der Waals surface area contributed by atoms with E-state index in [1.165, 1.54) is 5.56 Å². The van der Waals surface area contributed by atoms with Crippen LogP contribution in [-0.4, -0.2) is 48.4 Å². The molecule has 2 rings (SSSR count). The zero-order valence-corrected chi connectivity index (χ0v) is 14.5. The van der Waals surface area contributed by atoms with Crippen molar-refractivity contribution < 1.29 is 14.3 Å². The summed E-state index contributed by atoms with van der Waals surface area (Å²) in [5, 5.41) is 2.88. The summed E-state index contributed by atoms with van der Waals surface area (Å²) in [7, 11) is 0. The van der Waals surface area contributed by atoms with Crippen LogP contribution >= 0.6 is 0 Å². The van der Waals surface area contributed by atoms with Gasteiger partial charge < -0.3 is 14.8 Å². The monoisotopic (exact) mass is 320 g/mol. The van der Waals surface area contributed by atoms with E-state index in [1.807, 2.05) is 33.8 Å². The number of amides is 1. The van der Waals surface area contributed by atoms with Crippen LogP contribution in [0, 0.1) is 0 Å². The van der Waals surface area contributed by atoms with Crippen LogP contribution in [0.4, 0.5) is 4.79 Å². The van der Waals surface area contributed by atoms with Crippen molar-refractivity contribution in [2.75, 3.05) is 19.7 Å². The molecule has 23 heavy (non-hydrogen) atoms. The van der Waals surface area contributed by atoms with E-state index in [2.05, 4.69) is 34.5 Å². The third kappa shape index (κ3) is 6.20. The summed E-state index contributed by atoms with van der Waals surface area (Å²) in [4.78, 5) is 14.2. The molecule has 2 atom stereocenters. The number of morpholine rings is 1. The van der Waals surface area contributed by atoms with E-state index in [0.29, 0.717) is 6.61 Å². The van der Waals surface area contributed by atoms with E-state index in [4.69, 9.17) is 9.47 Å². The molecule has 1 heterocycles. The van der Waals surface area contributed by atoms with Crippen LogP contribution in [0.25, 0.3) is 0 Å². The van der Waals surface area contributed by atoms with Crippen LogP contribution in [0.2, 0.25) is 0 Å². The second-order valence-electron chi connectivity index (χ2n) is 7.06. The molecular formula is C18H28N2O3. The maximum Gasteiger partial charge on any atom is 0.407 e. The van der Waals surface area contributed by atoms with E-state index >= 15 is 0 Å². The Morgan fingerprint density at radius 3 is 2.74 bits per heavy atom. The van der Waals surface area contributed by atoms with Crippen LogP contribution in [0.15, 0.2) is 30.3 Å². The first-order valence-electron chi connectivity index (χ1n) is 8.21. The third-order valence-corrected chi connectivity index (χ3v) is 3.73. The molecule has 1 aliphatic heterocycles. The number of nitrogens with zero attached hydrogens (tertiary/aromatic N) is 1. The van der Waals surface area contributed by atoms with Gasteiger partial charge in [0.1, 0.15) is 5.60 Å². The Morgan fingerprint density at radius 2 is 2.09 bits per heavy atom. The first kappa shape index (κ1) is 17.8. The Labute approximate surface area is 139 Å². The number of nitrogens with one attached hydrogen (secondary N) is 1. The molecule has 1 fully saturated rings. The van der Waals surface area contributed by atoms with Gasteiger partial charge in [-0.25, -0.2) is 4.79 Å². The standard InChI is InChI=1S/C18H28N2O3/c1-14(19-17(21)23-18(2,3)4)16-13-20(10-11-22-16)12-15-8-6-5-7-9-15/h5-9,14,16H,10-13H2,1-4H3,(H,19,21). The largest absolute Gasteiger partial charge is 0.444 e. The molecule has 1 aromatic rings. The highest BCUT2D eigenvalue weighted by atomic mass is 16.6. The van der Waals surface area contributed by atoms with Crippen LogP contribution in [0.5, 0.6) is 0 Å². The summed E-state index contributed by atoms with van der Waals surface area (Å²) >= 11 is 0. The van der Waals surface area contributed by atoms with Gasteiger partial charge >= 0.3 is 6.09 Å². The normalized spacial score (nSPS) is 20.8. The Hall–Kier alpha value is -1.59. The van der Waals surface area contributed by atoms with Gasteiger partial charge in [0.15, 0.2) is 0 Å². The van der Waals surface area contributed by atoms with Crippen molar-refractivity contribution in [2.24, 2.45) is 0 Å². The lowest BCUT2D eigenvalue weighted by atomic mass is 10.1. The third-order valence-electron chi connectivity index (χ3n) is 3.73. The highest BCUT2D eigenvalue weighted by Gasteiger charge is 2.27. The summed E-state index contributed by atoms with van der Waals surface area (Å²) in [5.41, 5.74) is 0.803. The molecule has 0 bridgehead atoms. The zero-order valence-electron chi connectivity index (χ0n) is 14.5.